The summed E-state index contributed by atoms with van der Waals surface area (Å²) in [5, 5.41) is 3.30. The number of anilines is 1. The topological polar surface area (TPSA) is 69.6 Å². The van der Waals surface area contributed by atoms with Gasteiger partial charge in [-0.3, -0.25) is 0 Å². The van der Waals surface area contributed by atoms with Gasteiger partial charge in [0.15, 0.2) is 11.5 Å². The molecule has 11 heteroatoms. The summed E-state index contributed by atoms with van der Waals surface area (Å²) in [5.41, 5.74) is 2.61. The van der Waals surface area contributed by atoms with Crippen molar-refractivity contribution in [1.82, 2.24) is 19.7 Å². The Morgan fingerprint density at radius 3 is 2.15 bits per heavy atom. The van der Waals surface area contributed by atoms with E-state index in [1.54, 1.807) is 0 Å². The molecule has 5 nitrogen and oxygen atoms in total. The number of hydrogen-bond acceptors (Lipinski definition) is 4. The van der Waals surface area contributed by atoms with Crippen molar-refractivity contribution in [2.75, 3.05) is 5.73 Å². The van der Waals surface area contributed by atoms with Crippen molar-refractivity contribution in [3.05, 3.63) is 29.7 Å². The Kier molecular flexibility index (Phi) is 3.07. The van der Waals surface area contributed by atoms with Gasteiger partial charge in [-0.2, -0.15) is 36.4 Å². The van der Waals surface area contributed by atoms with Crippen molar-refractivity contribution in [3.63, 3.8) is 0 Å². The van der Waals surface area contributed by atoms with Crippen LogP contribution >= 0.6 is 0 Å². The van der Waals surface area contributed by atoms with Crippen molar-refractivity contribution >= 4 is 5.95 Å². The van der Waals surface area contributed by atoms with Crippen LogP contribution in [0.15, 0.2) is 18.5 Å². The zero-order valence-electron chi connectivity index (χ0n) is 9.37. The summed E-state index contributed by atoms with van der Waals surface area (Å²) >= 11 is 0. The predicted octanol–water partition coefficient (Wildman–Crippen LogP) is 2.28. The molecule has 0 aromatic carbocycles. The molecular weight excluding hydrogens is 292 g/mol. The van der Waals surface area contributed by atoms with E-state index in [1.807, 2.05) is 0 Å². The molecule has 0 aliphatic carbocycles. The minimum Gasteiger partial charge on any atom is -0.368 e. The second kappa shape index (κ2) is 4.35. The van der Waals surface area contributed by atoms with Gasteiger partial charge in [0.2, 0.25) is 5.95 Å². The van der Waals surface area contributed by atoms with E-state index in [1.165, 1.54) is 0 Å². The van der Waals surface area contributed by atoms with Gasteiger partial charge in [-0.15, -0.1) is 0 Å². The molecule has 2 N–H and O–H groups in total. The first-order valence-corrected chi connectivity index (χ1v) is 4.91. The number of halogens is 6. The molecule has 20 heavy (non-hydrogen) atoms. The van der Waals surface area contributed by atoms with Gasteiger partial charge in [0.05, 0.1) is 11.8 Å². The molecule has 2 aromatic rings. The Bertz CT molecular complexity index is 628. The van der Waals surface area contributed by atoms with E-state index in [0.29, 0.717) is 23.1 Å². The van der Waals surface area contributed by atoms with Crippen LogP contribution in [-0.4, -0.2) is 19.7 Å². The lowest BCUT2D eigenvalue weighted by atomic mass is 10.3. The van der Waals surface area contributed by atoms with Crippen LogP contribution in [0.25, 0.3) is 5.82 Å². The van der Waals surface area contributed by atoms with E-state index in [9.17, 15) is 26.3 Å². The first-order chi connectivity index (χ1) is 9.07. The molecule has 0 saturated carbocycles. The van der Waals surface area contributed by atoms with Gasteiger partial charge in [0, 0.05) is 12.3 Å². The fraction of sp³-hybridized carbons (Fsp3) is 0.222. The van der Waals surface area contributed by atoms with Crippen LogP contribution in [0.1, 0.15) is 11.3 Å². The SMILES string of the molecule is Nc1nc(-n2cc(C(F)(F)F)cn2)cc(C(F)(F)F)n1. The van der Waals surface area contributed by atoms with Gasteiger partial charge < -0.3 is 5.73 Å². The maximum atomic E-state index is 12.5. The molecule has 0 bridgehead atoms. The number of nitrogen functional groups attached to an aromatic ring is 1. The van der Waals surface area contributed by atoms with Crippen LogP contribution < -0.4 is 5.73 Å². The third-order valence-electron chi connectivity index (χ3n) is 2.17. The lowest BCUT2D eigenvalue weighted by Crippen LogP contribution is -2.13. The summed E-state index contributed by atoms with van der Waals surface area (Å²) in [7, 11) is 0. The maximum Gasteiger partial charge on any atom is 0.433 e. The highest BCUT2D eigenvalue weighted by molar-refractivity contribution is 5.33. The molecule has 0 unspecified atom stereocenters. The molecule has 0 aliphatic heterocycles. The number of alkyl halides is 6. The molecule has 0 aliphatic rings. The van der Waals surface area contributed by atoms with E-state index in [4.69, 9.17) is 5.73 Å². The second-order valence-corrected chi connectivity index (χ2v) is 3.64. The summed E-state index contributed by atoms with van der Waals surface area (Å²) in [6.07, 6.45) is -8.50. The monoisotopic (exact) mass is 297 g/mol. The van der Waals surface area contributed by atoms with Crippen molar-refractivity contribution in [2.24, 2.45) is 0 Å². The molecule has 0 atom stereocenters. The molecule has 2 aromatic heterocycles. The highest BCUT2D eigenvalue weighted by Crippen LogP contribution is 2.31. The van der Waals surface area contributed by atoms with E-state index < -0.39 is 35.4 Å². The number of hydrogen-bond donors (Lipinski definition) is 1. The van der Waals surface area contributed by atoms with Gasteiger partial charge in [-0.05, 0) is 0 Å². The summed E-state index contributed by atoms with van der Waals surface area (Å²) in [6.45, 7) is 0. The van der Waals surface area contributed by atoms with Crippen molar-refractivity contribution in [2.45, 2.75) is 12.4 Å². The van der Waals surface area contributed by atoms with E-state index in [0.717, 1.165) is 0 Å². The highest BCUT2D eigenvalue weighted by Gasteiger charge is 2.35. The fourth-order valence-electron chi connectivity index (χ4n) is 1.31. The number of aromatic nitrogens is 4. The largest absolute Gasteiger partial charge is 0.433 e. The summed E-state index contributed by atoms with van der Waals surface area (Å²) in [5.74, 6) is -1.24. The molecule has 0 saturated heterocycles. The zero-order chi connectivity index (χ0) is 15.1. The number of nitrogens with two attached hydrogens (primary N) is 1. The second-order valence-electron chi connectivity index (χ2n) is 3.64. The highest BCUT2D eigenvalue weighted by atomic mass is 19.4. The lowest BCUT2D eigenvalue weighted by Gasteiger charge is -2.08. The van der Waals surface area contributed by atoms with Crippen LogP contribution in [0.2, 0.25) is 0 Å². The number of nitrogens with zero attached hydrogens (tertiary/aromatic N) is 4. The predicted molar refractivity (Wildman–Crippen MR) is 53.6 cm³/mol. The van der Waals surface area contributed by atoms with Crippen LogP contribution in [-0.2, 0) is 12.4 Å². The minimum absolute atomic E-state index is 0.448. The molecule has 0 amide bonds. The van der Waals surface area contributed by atoms with E-state index in [-0.39, 0.29) is 0 Å². The Labute approximate surface area is 107 Å². The van der Waals surface area contributed by atoms with Crippen molar-refractivity contribution in [1.29, 1.82) is 0 Å². The minimum atomic E-state index is -4.80. The smallest absolute Gasteiger partial charge is 0.368 e. The Morgan fingerprint density at radius 1 is 1.00 bits per heavy atom. The van der Waals surface area contributed by atoms with E-state index in [2.05, 4.69) is 15.1 Å². The molecular formula is C9H5F6N5. The quantitative estimate of drug-likeness (QED) is 0.820. The normalized spacial score (nSPS) is 12.7. The fourth-order valence-corrected chi connectivity index (χ4v) is 1.31. The van der Waals surface area contributed by atoms with Gasteiger partial charge in [-0.1, -0.05) is 0 Å². The molecule has 0 radical (unpaired) electrons. The first-order valence-electron chi connectivity index (χ1n) is 4.91. The Hall–Kier alpha value is -2.33. The lowest BCUT2D eigenvalue weighted by molar-refractivity contribution is -0.141. The average molecular weight is 297 g/mol. The van der Waals surface area contributed by atoms with E-state index >= 15 is 0 Å². The van der Waals surface area contributed by atoms with Crippen molar-refractivity contribution < 1.29 is 26.3 Å². The average Bonchev–Trinajstić information content (AvgIpc) is 2.75. The third-order valence-corrected chi connectivity index (χ3v) is 2.17. The summed E-state index contributed by atoms with van der Waals surface area (Å²) in [6, 6.07) is 0.448. The summed E-state index contributed by atoms with van der Waals surface area (Å²) in [4.78, 5) is 6.38. The van der Waals surface area contributed by atoms with Crippen LogP contribution in [0.5, 0.6) is 0 Å². The van der Waals surface area contributed by atoms with Gasteiger partial charge in [0.1, 0.15) is 0 Å². The molecule has 0 spiro atoms. The number of rotatable bonds is 1. The van der Waals surface area contributed by atoms with Crippen LogP contribution in [0.3, 0.4) is 0 Å². The van der Waals surface area contributed by atoms with Gasteiger partial charge >= 0.3 is 12.4 Å². The van der Waals surface area contributed by atoms with Crippen LogP contribution in [0, 0.1) is 0 Å². The standard InChI is InChI=1S/C9H5F6N5/c10-8(11,12)4-2-17-20(3-4)6-1-5(9(13,14)15)18-7(16)19-6/h1-3H,(H2,16,18,19). The van der Waals surface area contributed by atoms with Gasteiger partial charge in [0.25, 0.3) is 0 Å². The molecule has 0 fully saturated rings. The van der Waals surface area contributed by atoms with Gasteiger partial charge in [-0.25, -0.2) is 9.67 Å². The maximum absolute atomic E-state index is 12.5. The Morgan fingerprint density at radius 2 is 1.65 bits per heavy atom. The molecule has 108 valence electrons. The third kappa shape index (κ3) is 2.81. The molecule has 2 heterocycles. The summed E-state index contributed by atoms with van der Waals surface area (Å²) < 4.78 is 75.2. The zero-order valence-corrected chi connectivity index (χ0v) is 9.37. The molecule has 2 rings (SSSR count). The van der Waals surface area contributed by atoms with Crippen molar-refractivity contribution in [3.8, 4) is 5.82 Å². The Balaban J connectivity index is 2.48. The van der Waals surface area contributed by atoms with Crippen LogP contribution in [0.4, 0.5) is 32.3 Å². The first kappa shape index (κ1) is 14.1.